The van der Waals surface area contributed by atoms with Gasteiger partial charge in [-0.05, 0) is 300 Å². The van der Waals surface area contributed by atoms with Crippen LogP contribution < -0.4 is 64.9 Å². The number of imidazole rings is 2. The number of rotatable bonds is 21. The van der Waals surface area contributed by atoms with Gasteiger partial charge in [0.15, 0.2) is 0 Å². The predicted molar refractivity (Wildman–Crippen MR) is 524 cm³/mol. The number of methoxy groups -OCH3 is 8. The molecular formula is C104H123ClN12O17. The minimum absolute atomic E-state index is 0.0671. The number of amides is 4. The lowest BCUT2D eigenvalue weighted by Crippen LogP contribution is -2.51. The molecule has 4 fully saturated rings. The van der Waals surface area contributed by atoms with Crippen molar-refractivity contribution in [2.45, 2.75) is 154 Å². The summed E-state index contributed by atoms with van der Waals surface area (Å²) in [4.78, 5) is 88.0. The number of benzene rings is 10. The number of fused-ring (bicyclic) bond motifs is 2. The molecule has 4 atom stereocenters. The van der Waals surface area contributed by atoms with E-state index in [4.69, 9.17) is 79.8 Å². The number of nitrogen functional groups attached to an aromatic ring is 1. The smallest absolute Gasteiger partial charge is 0.411 e. The Morgan fingerprint density at radius 1 is 0.418 bits per heavy atom. The average Bonchev–Trinajstić information content (AvgIpc) is 1.49. The van der Waals surface area contributed by atoms with Gasteiger partial charge in [-0.15, -0.1) is 0 Å². The summed E-state index contributed by atoms with van der Waals surface area (Å²) in [6.07, 6.45) is 10.0. The fourth-order valence-corrected chi connectivity index (χ4v) is 16.0. The molecule has 0 bridgehead atoms. The Morgan fingerprint density at radius 3 is 1.28 bits per heavy atom. The van der Waals surface area contributed by atoms with Gasteiger partial charge in [-0.25, -0.2) is 24.4 Å². The molecule has 12 aromatic rings. The molecular weight excluding hydrogens is 1720 g/mol. The largest absolute Gasteiger partial charge is 0.497 e. The van der Waals surface area contributed by atoms with Crippen molar-refractivity contribution in [1.29, 1.82) is 0 Å². The van der Waals surface area contributed by atoms with Crippen molar-refractivity contribution in [3.63, 3.8) is 0 Å². The Balaban J connectivity index is 0.000000160. The van der Waals surface area contributed by atoms with E-state index in [9.17, 15) is 28.8 Å². The van der Waals surface area contributed by atoms with Crippen molar-refractivity contribution in [2.75, 3.05) is 105 Å². The van der Waals surface area contributed by atoms with E-state index in [0.717, 1.165) is 154 Å². The number of hydrogen-bond acceptors (Lipinski definition) is 22. The summed E-state index contributed by atoms with van der Waals surface area (Å²) in [5, 5.41) is 21.6. The molecule has 29 nitrogen and oxygen atoms in total. The highest BCUT2D eigenvalue weighted by atomic mass is 35.5. The summed E-state index contributed by atoms with van der Waals surface area (Å²) in [5.74, 6) is 6.19. The van der Waals surface area contributed by atoms with Crippen LogP contribution in [0.2, 0.25) is 0 Å². The van der Waals surface area contributed by atoms with Gasteiger partial charge in [-0.3, -0.25) is 33.3 Å². The number of halogens is 1. The number of piperidine rings is 4. The van der Waals surface area contributed by atoms with Crippen LogP contribution in [0.3, 0.4) is 0 Å². The molecule has 4 unspecified atom stereocenters. The highest BCUT2D eigenvalue weighted by Gasteiger charge is 2.38. The Hall–Kier alpha value is -14.2. The first-order chi connectivity index (χ1) is 64.6. The summed E-state index contributed by atoms with van der Waals surface area (Å²) < 4.78 is 56.8. The summed E-state index contributed by atoms with van der Waals surface area (Å²) in [7, 11) is 12.8. The molecule has 4 aliphatic heterocycles. The zero-order chi connectivity index (χ0) is 96.0. The van der Waals surface area contributed by atoms with Gasteiger partial charge in [0.2, 0.25) is 5.91 Å². The second kappa shape index (κ2) is 48.3. The lowest BCUT2D eigenvalue weighted by atomic mass is 9.99. The van der Waals surface area contributed by atoms with Gasteiger partial charge >= 0.3 is 18.2 Å². The number of carboxylic acids is 1. The van der Waals surface area contributed by atoms with Crippen LogP contribution in [0.4, 0.5) is 43.7 Å². The number of para-hydroxylation sites is 8. The average molecular weight is 1850 g/mol. The lowest BCUT2D eigenvalue weighted by molar-refractivity contribution is -0.144. The molecule has 0 spiro atoms. The Kier molecular flexibility index (Phi) is 36.2. The number of carbonyl (C=O) groups is 6. The second-order valence-corrected chi connectivity index (χ2v) is 34.3. The summed E-state index contributed by atoms with van der Waals surface area (Å²) in [6.45, 7) is 13.5. The van der Waals surface area contributed by atoms with Crippen molar-refractivity contribution in [3.05, 3.63) is 253 Å². The third-order valence-electron chi connectivity index (χ3n) is 22.5. The van der Waals surface area contributed by atoms with E-state index in [-0.39, 0.29) is 17.9 Å². The van der Waals surface area contributed by atoms with Gasteiger partial charge in [0.25, 0.3) is 11.1 Å². The zero-order valence-electron chi connectivity index (χ0n) is 78.6. The van der Waals surface area contributed by atoms with Crippen LogP contribution in [0.25, 0.3) is 33.4 Å². The molecule has 0 aliphatic carbocycles. The molecule has 0 saturated carbocycles. The SMILES string of the molecule is CC(C)(C)OC(=O)N1CCCCC1C(=O)O.COc1ccc(-n2c(C3CCCCN3)nc3ccccc32)cc1.COc1ccc(-n2c(C3CCCCN3C(=O)c3ccc(OC)cc3OC)nc3ccccc32)cc1.COc1ccc(C(=O)Cl)c(OC)c1.COc1ccc(Nc2ccccc2N)cc1.COc1ccc(Nc2ccccc2NC(=O)C2CCCCN2C(=O)OC(C)(C)C)cc1. The molecule has 7 N–H and O–H groups in total. The number of hydrogen-bond donors (Lipinski definition) is 6. The highest BCUT2D eigenvalue weighted by Crippen LogP contribution is 2.40. The number of aliphatic carboxylic acids is 1. The van der Waals surface area contributed by atoms with Crippen LogP contribution in [0.1, 0.15) is 163 Å². The van der Waals surface area contributed by atoms with E-state index in [0.29, 0.717) is 78.3 Å². The van der Waals surface area contributed by atoms with Gasteiger partial charge < -0.3 is 84.4 Å². The van der Waals surface area contributed by atoms with Crippen molar-refractivity contribution in [2.24, 2.45) is 0 Å². The third kappa shape index (κ3) is 27.3. The first-order valence-electron chi connectivity index (χ1n) is 44.8. The van der Waals surface area contributed by atoms with Gasteiger partial charge in [0, 0.05) is 54.5 Å². The Bertz CT molecular complexity index is 5880. The van der Waals surface area contributed by atoms with E-state index in [1.807, 2.05) is 183 Å². The summed E-state index contributed by atoms with van der Waals surface area (Å²) in [5.41, 5.74) is 16.6. The van der Waals surface area contributed by atoms with Crippen LogP contribution in [0, 0.1) is 0 Å². The number of nitrogens with two attached hydrogens (primary N) is 1. The molecule has 0 radical (unpaired) electrons. The maximum Gasteiger partial charge on any atom is 0.411 e. The van der Waals surface area contributed by atoms with Crippen molar-refractivity contribution in [3.8, 4) is 57.4 Å². The van der Waals surface area contributed by atoms with Gasteiger partial charge in [-0.1, -0.05) is 55.0 Å². The van der Waals surface area contributed by atoms with Crippen LogP contribution in [-0.2, 0) is 19.1 Å². The molecule has 2 aromatic heterocycles. The van der Waals surface area contributed by atoms with Gasteiger partial charge in [0.05, 0.1) is 125 Å². The molecule has 16 rings (SSSR count). The quantitative estimate of drug-likeness (QED) is 0.0287. The number of ether oxygens (including phenoxy) is 10. The van der Waals surface area contributed by atoms with E-state index in [2.05, 4.69) is 66.8 Å². The number of carboxylic acid groups (broad SMARTS) is 1. The summed E-state index contributed by atoms with van der Waals surface area (Å²) in [6, 6.07) is 72.0. The maximum absolute atomic E-state index is 13.9. The molecule has 708 valence electrons. The predicted octanol–water partition coefficient (Wildman–Crippen LogP) is 21.4. The zero-order valence-corrected chi connectivity index (χ0v) is 79.4. The first-order valence-corrected chi connectivity index (χ1v) is 45.2. The lowest BCUT2D eigenvalue weighted by Gasteiger charge is -2.36. The first kappa shape index (κ1) is 100. The number of likely N-dealkylation sites (tertiary alicyclic amines) is 3. The topological polar surface area (TPSA) is 334 Å². The van der Waals surface area contributed by atoms with Crippen LogP contribution in [0.5, 0.6) is 46.0 Å². The number of nitrogens with one attached hydrogen (secondary N) is 4. The maximum atomic E-state index is 13.9. The van der Waals surface area contributed by atoms with Crippen LogP contribution >= 0.6 is 11.6 Å². The molecule has 4 aliphatic rings. The molecule has 4 amide bonds. The third-order valence-corrected chi connectivity index (χ3v) is 22.7. The number of nitrogens with zero attached hydrogens (tertiary/aromatic N) is 7. The van der Waals surface area contributed by atoms with Crippen molar-refractivity contribution in [1.82, 2.24) is 39.1 Å². The normalized spacial score (nSPS) is 15.7. The van der Waals surface area contributed by atoms with Crippen LogP contribution in [0.15, 0.2) is 231 Å². The Morgan fingerprint density at radius 2 is 0.813 bits per heavy atom. The molecule has 10 aromatic carbocycles. The summed E-state index contributed by atoms with van der Waals surface area (Å²) >= 11 is 5.32. The fourth-order valence-electron chi connectivity index (χ4n) is 15.8. The number of carbonyl (C=O) groups excluding carboxylic acids is 5. The van der Waals surface area contributed by atoms with E-state index < -0.39 is 46.7 Å². The number of anilines is 6. The van der Waals surface area contributed by atoms with E-state index in [1.54, 1.807) is 105 Å². The fraction of sp³-hybridized carbons (Fsp3) is 0.346. The second-order valence-electron chi connectivity index (χ2n) is 33.9. The Labute approximate surface area is 788 Å². The van der Waals surface area contributed by atoms with E-state index >= 15 is 0 Å². The standard InChI is InChI=1S/C28H29N3O4.C24H31N3O4.C19H21N3O.C13H14N2O.C11H19NO4.C9H9ClO3/c1-33-20-13-11-19(12-14-20)31-24-9-5-4-8-23(24)29-27(31)25-10-6-7-17-30(25)28(32)22-16-15-21(34-2)18-26(22)35-3;1-24(2,3)31-23(29)27-16-8-7-11-21(27)22(28)26-20-10-6-5-9-19(20)25-17-12-14-18(30-4)15-13-17;1-23-15-11-9-14(10-12-15)22-18-8-3-2-6-16(18)21-19(22)17-7-4-5-13-20-17;1-16-11-8-6-10(7-9-11)15-13-5-3-2-4-12(13)14;1-11(2,3)16-10(15)12-7-5-4-6-8(12)9(13)14;1-12-6-3-4-7(9(10)11)8(5-6)13-2/h4-5,8-9,11-16,18,25H,6-7,10,17H2,1-3H3;5-6,9-10,12-15,21,25H,7-8,11,16H2,1-4H3,(H,26,28);2-3,6,8-12,17,20H,4-5,7,13H2,1H3;2-9,15H,14H2,1H3;8H,4-7H2,1-3H3,(H,13,14);3-5H,1-2H3. The van der Waals surface area contributed by atoms with Gasteiger partial charge in [-0.2, -0.15) is 0 Å². The van der Waals surface area contributed by atoms with Gasteiger partial charge in [0.1, 0.15) is 80.9 Å². The van der Waals surface area contributed by atoms with Crippen LogP contribution in [-0.4, -0.2) is 180 Å². The monoisotopic (exact) mass is 1850 g/mol. The minimum Gasteiger partial charge on any atom is -0.497 e. The minimum atomic E-state index is -0.953. The number of aromatic nitrogens is 4. The molecule has 134 heavy (non-hydrogen) atoms. The van der Waals surface area contributed by atoms with Crippen molar-refractivity contribution >= 4 is 103 Å². The highest BCUT2D eigenvalue weighted by molar-refractivity contribution is 6.68. The van der Waals surface area contributed by atoms with Crippen molar-refractivity contribution < 1.29 is 81.2 Å². The molecule has 30 heteroatoms. The van der Waals surface area contributed by atoms with E-state index in [1.165, 1.54) is 32.0 Å². The molecule has 6 heterocycles. The molecule has 4 saturated heterocycles.